The van der Waals surface area contributed by atoms with Crippen LogP contribution in [-0.2, 0) is 13.6 Å². The van der Waals surface area contributed by atoms with Crippen LogP contribution in [0.25, 0.3) is 0 Å². The van der Waals surface area contributed by atoms with Crippen molar-refractivity contribution in [3.63, 3.8) is 0 Å². The highest BCUT2D eigenvalue weighted by molar-refractivity contribution is 5.59. The molecule has 0 unspecified atom stereocenters. The van der Waals surface area contributed by atoms with Gasteiger partial charge in [-0.15, -0.1) is 0 Å². The van der Waals surface area contributed by atoms with Crippen LogP contribution in [0.2, 0.25) is 0 Å². The lowest BCUT2D eigenvalue weighted by atomic mass is 10.5. The van der Waals surface area contributed by atoms with E-state index in [9.17, 15) is 0 Å². The van der Waals surface area contributed by atoms with Crippen molar-refractivity contribution < 1.29 is 4.52 Å². The Morgan fingerprint density at radius 2 is 2.40 bits per heavy atom. The standard InChI is InChI=1S/C8H12N6O/c1-5-11-7(15-13-5)3-10-8-6(9)4-14(2)12-8/h4H,3,9H2,1-2H3,(H,10,12). The van der Waals surface area contributed by atoms with Gasteiger partial charge >= 0.3 is 0 Å². The molecule has 7 heteroatoms. The van der Waals surface area contributed by atoms with Crippen LogP contribution in [-0.4, -0.2) is 19.9 Å². The van der Waals surface area contributed by atoms with Crippen LogP contribution in [0.1, 0.15) is 11.7 Å². The third-order valence-electron chi connectivity index (χ3n) is 1.83. The summed E-state index contributed by atoms with van der Waals surface area (Å²) in [4.78, 5) is 4.05. The summed E-state index contributed by atoms with van der Waals surface area (Å²) in [7, 11) is 1.80. The molecule has 7 nitrogen and oxygen atoms in total. The Bertz CT molecular complexity index is 459. The molecule has 0 saturated heterocycles. The fraction of sp³-hybridized carbons (Fsp3) is 0.375. The van der Waals surface area contributed by atoms with E-state index in [0.29, 0.717) is 29.8 Å². The molecule has 0 radical (unpaired) electrons. The molecule has 3 N–H and O–H groups in total. The van der Waals surface area contributed by atoms with Gasteiger partial charge in [0.05, 0.1) is 12.2 Å². The molecule has 0 aliphatic rings. The van der Waals surface area contributed by atoms with Crippen molar-refractivity contribution in [3.05, 3.63) is 17.9 Å². The van der Waals surface area contributed by atoms with Crippen LogP contribution in [0.5, 0.6) is 0 Å². The van der Waals surface area contributed by atoms with E-state index in [1.807, 2.05) is 0 Å². The number of nitrogens with one attached hydrogen (secondary N) is 1. The van der Waals surface area contributed by atoms with Gasteiger partial charge in [0.15, 0.2) is 11.6 Å². The maximum absolute atomic E-state index is 5.70. The lowest BCUT2D eigenvalue weighted by Gasteiger charge is -1.98. The molecule has 15 heavy (non-hydrogen) atoms. The van der Waals surface area contributed by atoms with Gasteiger partial charge in [-0.1, -0.05) is 5.16 Å². The first kappa shape index (κ1) is 9.50. The minimum absolute atomic E-state index is 0.419. The zero-order chi connectivity index (χ0) is 10.8. The fourth-order valence-electron chi connectivity index (χ4n) is 1.22. The van der Waals surface area contributed by atoms with E-state index in [4.69, 9.17) is 10.3 Å². The lowest BCUT2D eigenvalue weighted by molar-refractivity contribution is 0.379. The number of rotatable bonds is 3. The Morgan fingerprint density at radius 1 is 1.60 bits per heavy atom. The fourth-order valence-corrected chi connectivity index (χ4v) is 1.22. The summed E-state index contributed by atoms with van der Waals surface area (Å²) in [6.45, 7) is 2.18. The Balaban J connectivity index is 2.01. The maximum Gasteiger partial charge on any atom is 0.245 e. The van der Waals surface area contributed by atoms with E-state index < -0.39 is 0 Å². The lowest BCUT2D eigenvalue weighted by Crippen LogP contribution is -2.02. The van der Waals surface area contributed by atoms with Crippen molar-refractivity contribution in [2.24, 2.45) is 7.05 Å². The van der Waals surface area contributed by atoms with Crippen molar-refractivity contribution in [1.82, 2.24) is 19.9 Å². The highest BCUT2D eigenvalue weighted by atomic mass is 16.5. The molecule has 2 aromatic rings. The number of hydrogen-bond acceptors (Lipinski definition) is 6. The van der Waals surface area contributed by atoms with Crippen LogP contribution in [0.4, 0.5) is 11.5 Å². The Hall–Kier alpha value is -2.05. The van der Waals surface area contributed by atoms with Crippen LogP contribution in [0, 0.1) is 6.92 Å². The van der Waals surface area contributed by atoms with Crippen molar-refractivity contribution >= 4 is 11.5 Å². The number of aromatic nitrogens is 4. The smallest absolute Gasteiger partial charge is 0.245 e. The number of nitrogen functional groups attached to an aromatic ring is 1. The topological polar surface area (TPSA) is 94.8 Å². The monoisotopic (exact) mass is 208 g/mol. The van der Waals surface area contributed by atoms with E-state index in [2.05, 4.69) is 20.6 Å². The average molecular weight is 208 g/mol. The molecule has 0 bridgehead atoms. The summed E-state index contributed by atoms with van der Waals surface area (Å²) in [5.41, 5.74) is 6.29. The molecule has 0 aliphatic heterocycles. The summed E-state index contributed by atoms with van der Waals surface area (Å²) >= 11 is 0. The molecule has 0 aromatic carbocycles. The van der Waals surface area contributed by atoms with E-state index >= 15 is 0 Å². The van der Waals surface area contributed by atoms with Gasteiger partial charge in [-0.3, -0.25) is 4.68 Å². The van der Waals surface area contributed by atoms with E-state index in [1.165, 1.54) is 0 Å². The van der Waals surface area contributed by atoms with E-state index in [0.717, 1.165) is 0 Å². The first-order valence-electron chi connectivity index (χ1n) is 4.47. The van der Waals surface area contributed by atoms with Gasteiger partial charge in [0, 0.05) is 13.2 Å². The molecular weight excluding hydrogens is 196 g/mol. The second kappa shape index (κ2) is 3.60. The van der Waals surface area contributed by atoms with Gasteiger partial charge in [0.1, 0.15) is 0 Å². The molecule has 0 spiro atoms. The number of aryl methyl sites for hydroxylation is 2. The van der Waals surface area contributed by atoms with Crippen LogP contribution in [0.15, 0.2) is 10.7 Å². The number of anilines is 2. The number of hydrogen-bond donors (Lipinski definition) is 2. The first-order chi connectivity index (χ1) is 7.15. The molecule has 0 amide bonds. The van der Waals surface area contributed by atoms with Gasteiger partial charge in [-0.2, -0.15) is 10.1 Å². The predicted octanol–water partition coefficient (Wildman–Crippen LogP) is 0.306. The van der Waals surface area contributed by atoms with E-state index in [-0.39, 0.29) is 0 Å². The Labute approximate surface area is 86.3 Å². The van der Waals surface area contributed by atoms with Crippen molar-refractivity contribution in [3.8, 4) is 0 Å². The normalized spacial score (nSPS) is 10.5. The SMILES string of the molecule is Cc1noc(CNc2nn(C)cc2N)n1. The molecular formula is C8H12N6O. The van der Waals surface area contributed by atoms with Crippen molar-refractivity contribution in [1.29, 1.82) is 0 Å². The summed E-state index contributed by atoms with van der Waals surface area (Å²) in [5.74, 6) is 1.74. The van der Waals surface area contributed by atoms with Crippen LogP contribution in [0.3, 0.4) is 0 Å². The summed E-state index contributed by atoms with van der Waals surface area (Å²) < 4.78 is 6.57. The highest BCUT2D eigenvalue weighted by Crippen LogP contribution is 2.14. The maximum atomic E-state index is 5.70. The van der Waals surface area contributed by atoms with Crippen molar-refractivity contribution in [2.45, 2.75) is 13.5 Å². The third kappa shape index (κ3) is 2.06. The van der Waals surface area contributed by atoms with Crippen molar-refractivity contribution in [2.75, 3.05) is 11.1 Å². The van der Waals surface area contributed by atoms with Gasteiger partial charge in [0.2, 0.25) is 5.89 Å². The zero-order valence-corrected chi connectivity index (χ0v) is 8.56. The summed E-state index contributed by atoms with van der Waals surface area (Å²) in [5, 5.41) is 10.8. The average Bonchev–Trinajstić information content (AvgIpc) is 2.70. The molecule has 2 aromatic heterocycles. The quantitative estimate of drug-likeness (QED) is 0.753. The largest absolute Gasteiger partial charge is 0.394 e. The molecule has 80 valence electrons. The Morgan fingerprint density at radius 3 is 2.93 bits per heavy atom. The number of nitrogens with two attached hydrogens (primary N) is 1. The second-order valence-electron chi connectivity index (χ2n) is 3.20. The minimum atomic E-state index is 0.419. The predicted molar refractivity (Wildman–Crippen MR) is 54.0 cm³/mol. The molecule has 0 saturated carbocycles. The summed E-state index contributed by atoms with van der Waals surface area (Å²) in [6.07, 6.45) is 1.72. The van der Waals surface area contributed by atoms with Gasteiger partial charge in [-0.05, 0) is 6.92 Å². The van der Waals surface area contributed by atoms with Gasteiger partial charge in [0.25, 0.3) is 0 Å². The molecule has 2 heterocycles. The highest BCUT2D eigenvalue weighted by Gasteiger charge is 2.06. The summed E-state index contributed by atoms with van der Waals surface area (Å²) in [6, 6.07) is 0. The molecule has 2 rings (SSSR count). The van der Waals surface area contributed by atoms with E-state index in [1.54, 1.807) is 24.9 Å². The van der Waals surface area contributed by atoms with Crippen LogP contribution >= 0.6 is 0 Å². The van der Waals surface area contributed by atoms with Crippen LogP contribution < -0.4 is 11.1 Å². The van der Waals surface area contributed by atoms with Gasteiger partial charge in [-0.25, -0.2) is 0 Å². The zero-order valence-electron chi connectivity index (χ0n) is 8.56. The minimum Gasteiger partial charge on any atom is -0.394 e. The number of nitrogens with zero attached hydrogens (tertiary/aromatic N) is 4. The molecule has 0 fully saturated rings. The first-order valence-corrected chi connectivity index (χ1v) is 4.47. The second-order valence-corrected chi connectivity index (χ2v) is 3.20. The molecule has 0 atom stereocenters. The third-order valence-corrected chi connectivity index (χ3v) is 1.83. The molecule has 0 aliphatic carbocycles. The Kier molecular flexibility index (Phi) is 2.28. The van der Waals surface area contributed by atoms with Gasteiger partial charge < -0.3 is 15.6 Å².